The van der Waals surface area contributed by atoms with Gasteiger partial charge in [-0.3, -0.25) is 0 Å². The van der Waals surface area contributed by atoms with E-state index >= 15 is 0 Å². The first kappa shape index (κ1) is 16.5. The van der Waals surface area contributed by atoms with E-state index in [0.717, 1.165) is 35.9 Å². The lowest BCUT2D eigenvalue weighted by atomic mass is 10.1. The number of para-hydroxylation sites is 1. The van der Waals surface area contributed by atoms with E-state index in [1.807, 2.05) is 45.0 Å². The zero-order valence-electron chi connectivity index (χ0n) is 14.5. The lowest BCUT2D eigenvalue weighted by Crippen LogP contribution is -2.38. The van der Waals surface area contributed by atoms with Crippen LogP contribution < -0.4 is 5.32 Å². The number of alkyl carbamates (subject to hydrolysis) is 1. The summed E-state index contributed by atoms with van der Waals surface area (Å²) < 4.78 is 5.36. The normalized spacial score (nSPS) is 19.6. The second-order valence-electron chi connectivity index (χ2n) is 7.24. The van der Waals surface area contributed by atoms with Gasteiger partial charge in [0.05, 0.1) is 17.3 Å². The molecule has 3 rings (SSSR count). The van der Waals surface area contributed by atoms with Crippen molar-refractivity contribution in [1.29, 1.82) is 0 Å². The largest absolute Gasteiger partial charge is 0.444 e. The Labute approximate surface area is 142 Å². The standard InChI is InChI=1S/C20H24N2O2/c1-20(2,3)24-19(23)22-18-10-6-8-15(18)13-16-12-11-14-7-4-5-9-17(14)21-16/h4-5,7,9,11-13,18H,6,8,10H2,1-3H3,(H,22,23). The summed E-state index contributed by atoms with van der Waals surface area (Å²) in [4.78, 5) is 16.7. The highest BCUT2D eigenvalue weighted by Gasteiger charge is 2.25. The molecule has 4 heteroatoms. The third-order valence-corrected chi connectivity index (χ3v) is 4.05. The van der Waals surface area contributed by atoms with Crippen LogP contribution in [0.15, 0.2) is 42.0 Å². The number of fused-ring (bicyclic) bond motifs is 1. The number of nitrogens with one attached hydrogen (secondary N) is 1. The van der Waals surface area contributed by atoms with Crippen molar-refractivity contribution in [3.05, 3.63) is 47.7 Å². The zero-order valence-corrected chi connectivity index (χ0v) is 14.5. The Morgan fingerprint density at radius 1 is 1.25 bits per heavy atom. The summed E-state index contributed by atoms with van der Waals surface area (Å²) in [6.45, 7) is 5.62. The fourth-order valence-corrected chi connectivity index (χ4v) is 3.01. The number of nitrogens with zero attached hydrogens (tertiary/aromatic N) is 1. The Morgan fingerprint density at radius 2 is 2.04 bits per heavy atom. The molecule has 1 aromatic heterocycles. The van der Waals surface area contributed by atoms with Gasteiger partial charge in [-0.1, -0.05) is 24.3 Å². The summed E-state index contributed by atoms with van der Waals surface area (Å²) in [6, 6.07) is 12.2. The minimum Gasteiger partial charge on any atom is -0.444 e. The lowest BCUT2D eigenvalue weighted by Gasteiger charge is -2.22. The molecule has 24 heavy (non-hydrogen) atoms. The highest BCUT2D eigenvalue weighted by Crippen LogP contribution is 2.27. The number of pyridine rings is 1. The Kier molecular flexibility index (Phi) is 4.56. The Balaban J connectivity index is 1.76. The van der Waals surface area contributed by atoms with Gasteiger partial charge in [0.25, 0.3) is 0 Å². The molecule has 0 radical (unpaired) electrons. The molecule has 0 aliphatic heterocycles. The van der Waals surface area contributed by atoms with Gasteiger partial charge in [0.15, 0.2) is 0 Å². The van der Waals surface area contributed by atoms with E-state index in [9.17, 15) is 4.79 Å². The SMILES string of the molecule is CC(C)(C)OC(=O)NC1CCCC1=Cc1ccc2ccccc2n1. The average molecular weight is 324 g/mol. The summed E-state index contributed by atoms with van der Waals surface area (Å²) in [7, 11) is 0. The average Bonchev–Trinajstić information content (AvgIpc) is 2.92. The van der Waals surface area contributed by atoms with Crippen LogP contribution in [0.1, 0.15) is 45.7 Å². The molecule has 0 spiro atoms. The summed E-state index contributed by atoms with van der Waals surface area (Å²) in [5.41, 5.74) is 2.65. The third kappa shape index (κ3) is 4.13. The quantitative estimate of drug-likeness (QED) is 0.871. The molecule has 1 unspecified atom stereocenters. The van der Waals surface area contributed by atoms with Crippen LogP contribution in [0.4, 0.5) is 4.79 Å². The van der Waals surface area contributed by atoms with Crippen molar-refractivity contribution in [2.75, 3.05) is 0 Å². The molecule has 0 bridgehead atoms. The Bertz CT molecular complexity index is 775. The summed E-state index contributed by atoms with van der Waals surface area (Å²) in [6.07, 6.45) is 4.74. The molecular formula is C20H24N2O2. The van der Waals surface area contributed by atoms with E-state index in [1.54, 1.807) is 0 Å². The predicted molar refractivity (Wildman–Crippen MR) is 96.7 cm³/mol. The van der Waals surface area contributed by atoms with Gasteiger partial charge in [-0.15, -0.1) is 0 Å². The number of rotatable bonds is 2. The molecule has 2 aromatic rings. The number of aromatic nitrogens is 1. The highest BCUT2D eigenvalue weighted by molar-refractivity contribution is 5.79. The summed E-state index contributed by atoms with van der Waals surface area (Å²) in [5.74, 6) is 0. The highest BCUT2D eigenvalue weighted by atomic mass is 16.6. The van der Waals surface area contributed by atoms with E-state index in [-0.39, 0.29) is 12.1 Å². The van der Waals surface area contributed by atoms with Crippen molar-refractivity contribution >= 4 is 23.1 Å². The monoisotopic (exact) mass is 324 g/mol. The van der Waals surface area contributed by atoms with Crippen LogP contribution in [0, 0.1) is 0 Å². The van der Waals surface area contributed by atoms with Crippen molar-refractivity contribution in [2.45, 2.75) is 51.7 Å². The molecule has 4 nitrogen and oxygen atoms in total. The Hall–Kier alpha value is -2.36. The van der Waals surface area contributed by atoms with Crippen molar-refractivity contribution in [3.8, 4) is 0 Å². The van der Waals surface area contributed by atoms with Gasteiger partial charge < -0.3 is 10.1 Å². The van der Waals surface area contributed by atoms with Gasteiger partial charge in [-0.25, -0.2) is 9.78 Å². The molecule has 1 N–H and O–H groups in total. The molecule has 1 amide bonds. The number of amides is 1. The second kappa shape index (κ2) is 6.63. The molecule has 1 aliphatic rings. The van der Waals surface area contributed by atoms with E-state index in [0.29, 0.717) is 0 Å². The van der Waals surface area contributed by atoms with E-state index in [1.165, 1.54) is 5.57 Å². The van der Waals surface area contributed by atoms with Gasteiger partial charge in [-0.05, 0) is 63.8 Å². The molecule has 0 saturated heterocycles. The van der Waals surface area contributed by atoms with Crippen LogP contribution in [-0.2, 0) is 4.74 Å². The number of benzene rings is 1. The van der Waals surface area contributed by atoms with Crippen LogP contribution >= 0.6 is 0 Å². The molecule has 1 atom stereocenters. The minimum absolute atomic E-state index is 0.0353. The number of hydrogen-bond acceptors (Lipinski definition) is 3. The maximum absolute atomic E-state index is 12.0. The first-order chi connectivity index (χ1) is 11.4. The molecule has 1 saturated carbocycles. The van der Waals surface area contributed by atoms with E-state index < -0.39 is 5.60 Å². The predicted octanol–water partition coefficient (Wildman–Crippen LogP) is 4.70. The number of carbonyl (C=O) groups is 1. The first-order valence-corrected chi connectivity index (χ1v) is 8.46. The maximum Gasteiger partial charge on any atom is 0.408 e. The minimum atomic E-state index is -0.480. The van der Waals surface area contributed by atoms with Gasteiger partial charge in [0, 0.05) is 5.39 Å². The lowest BCUT2D eigenvalue weighted by molar-refractivity contribution is 0.0513. The Morgan fingerprint density at radius 3 is 2.83 bits per heavy atom. The van der Waals surface area contributed by atoms with E-state index in [4.69, 9.17) is 9.72 Å². The summed E-state index contributed by atoms with van der Waals surface area (Å²) in [5, 5.41) is 4.12. The molecule has 1 heterocycles. The number of carbonyl (C=O) groups excluding carboxylic acids is 1. The number of hydrogen-bond donors (Lipinski definition) is 1. The molecule has 126 valence electrons. The molecule has 1 aliphatic carbocycles. The summed E-state index contributed by atoms with van der Waals surface area (Å²) >= 11 is 0. The third-order valence-electron chi connectivity index (χ3n) is 4.05. The van der Waals surface area contributed by atoms with Crippen molar-refractivity contribution in [1.82, 2.24) is 10.3 Å². The van der Waals surface area contributed by atoms with Crippen molar-refractivity contribution in [2.24, 2.45) is 0 Å². The fourth-order valence-electron chi connectivity index (χ4n) is 3.01. The van der Waals surface area contributed by atoms with Crippen LogP contribution in [0.25, 0.3) is 17.0 Å². The van der Waals surface area contributed by atoms with Gasteiger partial charge >= 0.3 is 6.09 Å². The number of ether oxygens (including phenoxy) is 1. The van der Waals surface area contributed by atoms with Crippen LogP contribution in [0.2, 0.25) is 0 Å². The van der Waals surface area contributed by atoms with Gasteiger partial charge in [-0.2, -0.15) is 0 Å². The molecule has 1 aromatic carbocycles. The first-order valence-electron chi connectivity index (χ1n) is 8.46. The van der Waals surface area contributed by atoms with E-state index in [2.05, 4.69) is 23.5 Å². The molecular weight excluding hydrogens is 300 g/mol. The van der Waals surface area contributed by atoms with Crippen LogP contribution in [0.5, 0.6) is 0 Å². The maximum atomic E-state index is 12.0. The van der Waals surface area contributed by atoms with Crippen molar-refractivity contribution < 1.29 is 9.53 Å². The zero-order chi connectivity index (χ0) is 17.2. The topological polar surface area (TPSA) is 51.2 Å². The van der Waals surface area contributed by atoms with Crippen molar-refractivity contribution in [3.63, 3.8) is 0 Å². The smallest absolute Gasteiger partial charge is 0.408 e. The molecule has 1 fully saturated rings. The van der Waals surface area contributed by atoms with Gasteiger partial charge in [0.2, 0.25) is 0 Å². The fraction of sp³-hybridized carbons (Fsp3) is 0.400. The second-order valence-corrected chi connectivity index (χ2v) is 7.24. The van der Waals surface area contributed by atoms with Crippen LogP contribution in [-0.4, -0.2) is 22.7 Å². The van der Waals surface area contributed by atoms with Crippen LogP contribution in [0.3, 0.4) is 0 Å². The van der Waals surface area contributed by atoms with Gasteiger partial charge in [0.1, 0.15) is 5.60 Å².